The second kappa shape index (κ2) is 7.47. The van der Waals surface area contributed by atoms with Gasteiger partial charge in [-0.3, -0.25) is 4.79 Å². The average Bonchev–Trinajstić information content (AvgIpc) is 2.99. The van der Waals surface area contributed by atoms with Crippen LogP contribution in [0.2, 0.25) is 0 Å². The first-order chi connectivity index (χ1) is 11.6. The fourth-order valence-corrected chi connectivity index (χ4v) is 3.08. The zero-order valence-corrected chi connectivity index (χ0v) is 14.1. The summed E-state index contributed by atoms with van der Waals surface area (Å²) in [6.07, 6.45) is 4.59. The first-order valence-corrected chi connectivity index (χ1v) is 8.43. The van der Waals surface area contributed by atoms with Gasteiger partial charge in [-0.25, -0.2) is 0 Å². The van der Waals surface area contributed by atoms with Crippen molar-refractivity contribution >= 4 is 5.91 Å². The van der Waals surface area contributed by atoms with Crippen molar-refractivity contribution in [2.45, 2.75) is 52.2 Å². The van der Waals surface area contributed by atoms with Crippen molar-refractivity contribution < 1.29 is 14.1 Å². The number of carbonyl (C=O) groups excluding carboxylic acids is 1. The van der Waals surface area contributed by atoms with E-state index in [1.54, 1.807) is 31.2 Å². The SMILES string of the molecule is Cc1nc(COc2ccc(C(=O)N[C@H]3CCC[C@@H](C)C3)cc2)no1. The molecule has 0 unspecified atom stereocenters. The Balaban J connectivity index is 1.52. The molecule has 0 aliphatic heterocycles. The van der Waals surface area contributed by atoms with E-state index in [0.29, 0.717) is 35.0 Å². The van der Waals surface area contributed by atoms with Crippen LogP contribution in [0.15, 0.2) is 28.8 Å². The number of hydrogen-bond donors (Lipinski definition) is 1. The quantitative estimate of drug-likeness (QED) is 0.911. The van der Waals surface area contributed by atoms with Gasteiger partial charge in [0.1, 0.15) is 5.75 Å². The number of aryl methyl sites for hydroxylation is 1. The van der Waals surface area contributed by atoms with E-state index < -0.39 is 0 Å². The van der Waals surface area contributed by atoms with Gasteiger partial charge in [-0.2, -0.15) is 4.98 Å². The van der Waals surface area contributed by atoms with E-state index in [2.05, 4.69) is 22.4 Å². The van der Waals surface area contributed by atoms with Crippen LogP contribution in [-0.2, 0) is 6.61 Å². The fourth-order valence-electron chi connectivity index (χ4n) is 3.08. The Morgan fingerprint density at radius 2 is 2.12 bits per heavy atom. The van der Waals surface area contributed by atoms with Crippen LogP contribution in [0.1, 0.15) is 54.7 Å². The normalized spacial score (nSPS) is 20.6. The number of amides is 1. The maximum atomic E-state index is 12.3. The number of ether oxygens (including phenoxy) is 1. The molecule has 6 heteroatoms. The number of aromatic nitrogens is 2. The van der Waals surface area contributed by atoms with Crippen molar-refractivity contribution in [3.63, 3.8) is 0 Å². The number of hydrogen-bond acceptors (Lipinski definition) is 5. The minimum Gasteiger partial charge on any atom is -0.485 e. The summed E-state index contributed by atoms with van der Waals surface area (Å²) in [5.74, 6) is 2.35. The van der Waals surface area contributed by atoms with Crippen molar-refractivity contribution in [3.8, 4) is 5.75 Å². The van der Waals surface area contributed by atoms with E-state index in [1.165, 1.54) is 12.8 Å². The predicted octanol–water partition coefficient (Wildman–Crippen LogP) is 3.27. The maximum absolute atomic E-state index is 12.3. The molecule has 6 nitrogen and oxygen atoms in total. The number of nitrogens with one attached hydrogen (secondary N) is 1. The van der Waals surface area contributed by atoms with Crippen LogP contribution in [0.5, 0.6) is 5.75 Å². The molecule has 1 fully saturated rings. The summed E-state index contributed by atoms with van der Waals surface area (Å²) < 4.78 is 10.5. The van der Waals surface area contributed by atoms with Crippen LogP contribution in [0.4, 0.5) is 0 Å². The molecule has 24 heavy (non-hydrogen) atoms. The van der Waals surface area contributed by atoms with Crippen molar-refractivity contribution in [2.75, 3.05) is 0 Å². The number of benzene rings is 1. The summed E-state index contributed by atoms with van der Waals surface area (Å²) in [5, 5.41) is 6.91. The summed E-state index contributed by atoms with van der Waals surface area (Å²) in [5.41, 5.74) is 0.649. The van der Waals surface area contributed by atoms with E-state index in [1.807, 2.05) is 0 Å². The van der Waals surface area contributed by atoms with Gasteiger partial charge in [0.25, 0.3) is 5.91 Å². The van der Waals surface area contributed by atoms with Crippen LogP contribution in [0.25, 0.3) is 0 Å². The van der Waals surface area contributed by atoms with Gasteiger partial charge in [0.15, 0.2) is 6.61 Å². The van der Waals surface area contributed by atoms with Gasteiger partial charge in [-0.15, -0.1) is 0 Å². The second-order valence-corrected chi connectivity index (χ2v) is 6.48. The van der Waals surface area contributed by atoms with Gasteiger partial charge in [-0.05, 0) is 43.0 Å². The lowest BCUT2D eigenvalue weighted by Crippen LogP contribution is -2.37. The molecule has 0 saturated heterocycles. The smallest absolute Gasteiger partial charge is 0.251 e. The third-order valence-electron chi connectivity index (χ3n) is 4.33. The monoisotopic (exact) mass is 329 g/mol. The molecule has 1 aromatic heterocycles. The lowest BCUT2D eigenvalue weighted by molar-refractivity contribution is 0.0921. The molecule has 2 atom stereocenters. The summed E-state index contributed by atoms with van der Waals surface area (Å²) in [6, 6.07) is 7.41. The summed E-state index contributed by atoms with van der Waals surface area (Å²) >= 11 is 0. The Kier molecular flexibility index (Phi) is 5.13. The third kappa shape index (κ3) is 4.34. The van der Waals surface area contributed by atoms with Gasteiger partial charge in [-0.1, -0.05) is 24.9 Å². The van der Waals surface area contributed by atoms with Crippen LogP contribution >= 0.6 is 0 Å². The predicted molar refractivity (Wildman–Crippen MR) is 88.7 cm³/mol. The topological polar surface area (TPSA) is 77.2 Å². The molecular formula is C18H23N3O3. The first kappa shape index (κ1) is 16.5. The zero-order valence-electron chi connectivity index (χ0n) is 14.1. The molecule has 1 N–H and O–H groups in total. The Labute approximate surface area is 141 Å². The molecule has 1 aliphatic rings. The van der Waals surface area contributed by atoms with E-state index in [-0.39, 0.29) is 12.5 Å². The van der Waals surface area contributed by atoms with E-state index in [0.717, 1.165) is 12.8 Å². The van der Waals surface area contributed by atoms with Crippen molar-refractivity contribution in [1.29, 1.82) is 0 Å². The summed E-state index contributed by atoms with van der Waals surface area (Å²) in [7, 11) is 0. The lowest BCUT2D eigenvalue weighted by atomic mass is 9.87. The Morgan fingerprint density at radius 3 is 2.79 bits per heavy atom. The van der Waals surface area contributed by atoms with E-state index in [4.69, 9.17) is 9.26 Å². The highest BCUT2D eigenvalue weighted by Crippen LogP contribution is 2.24. The van der Waals surface area contributed by atoms with Gasteiger partial charge in [0.05, 0.1) is 0 Å². The fraction of sp³-hybridized carbons (Fsp3) is 0.500. The molecule has 1 heterocycles. The highest BCUT2D eigenvalue weighted by molar-refractivity contribution is 5.94. The average molecular weight is 329 g/mol. The zero-order chi connectivity index (χ0) is 16.9. The molecule has 1 aromatic carbocycles. The van der Waals surface area contributed by atoms with Crippen LogP contribution in [-0.4, -0.2) is 22.1 Å². The maximum Gasteiger partial charge on any atom is 0.251 e. The largest absolute Gasteiger partial charge is 0.485 e. The van der Waals surface area contributed by atoms with Gasteiger partial charge >= 0.3 is 0 Å². The second-order valence-electron chi connectivity index (χ2n) is 6.48. The number of rotatable bonds is 5. The van der Waals surface area contributed by atoms with Crippen LogP contribution < -0.4 is 10.1 Å². The molecule has 3 rings (SSSR count). The Bertz CT molecular complexity index is 681. The highest BCUT2D eigenvalue weighted by atomic mass is 16.5. The van der Waals surface area contributed by atoms with Gasteiger partial charge in [0.2, 0.25) is 11.7 Å². The molecule has 0 bridgehead atoms. The van der Waals surface area contributed by atoms with Crippen molar-refractivity contribution in [2.24, 2.45) is 5.92 Å². The minimum atomic E-state index is -0.0190. The first-order valence-electron chi connectivity index (χ1n) is 8.43. The summed E-state index contributed by atoms with van der Waals surface area (Å²) in [6.45, 7) is 4.22. The van der Waals surface area contributed by atoms with E-state index >= 15 is 0 Å². The molecule has 2 aromatic rings. The van der Waals surface area contributed by atoms with Crippen LogP contribution in [0, 0.1) is 12.8 Å². The Hall–Kier alpha value is -2.37. The van der Waals surface area contributed by atoms with Crippen molar-refractivity contribution in [1.82, 2.24) is 15.5 Å². The van der Waals surface area contributed by atoms with Crippen LogP contribution in [0.3, 0.4) is 0 Å². The molecule has 0 radical (unpaired) electrons. The molecule has 128 valence electrons. The molecule has 1 amide bonds. The molecule has 1 saturated carbocycles. The van der Waals surface area contributed by atoms with Gasteiger partial charge in [0, 0.05) is 18.5 Å². The standard InChI is InChI=1S/C18H23N3O3/c1-12-4-3-5-15(10-12)20-18(22)14-6-8-16(9-7-14)23-11-17-19-13(2)24-21-17/h6-9,12,15H,3-5,10-11H2,1-2H3,(H,20,22)/t12-,15+/m1/s1. The van der Waals surface area contributed by atoms with E-state index in [9.17, 15) is 4.79 Å². The third-order valence-corrected chi connectivity index (χ3v) is 4.33. The molecular weight excluding hydrogens is 306 g/mol. The van der Waals surface area contributed by atoms with Gasteiger partial charge < -0.3 is 14.6 Å². The molecule has 0 spiro atoms. The highest BCUT2D eigenvalue weighted by Gasteiger charge is 2.20. The number of nitrogens with zero attached hydrogens (tertiary/aromatic N) is 2. The molecule has 1 aliphatic carbocycles. The lowest BCUT2D eigenvalue weighted by Gasteiger charge is -2.27. The minimum absolute atomic E-state index is 0.0190. The Morgan fingerprint density at radius 1 is 1.33 bits per heavy atom. The van der Waals surface area contributed by atoms with Crippen molar-refractivity contribution in [3.05, 3.63) is 41.5 Å². The summed E-state index contributed by atoms with van der Waals surface area (Å²) in [4.78, 5) is 16.4. The number of carbonyl (C=O) groups is 1.